The van der Waals surface area contributed by atoms with Crippen LogP contribution in [-0.2, 0) is 9.53 Å². The molecule has 3 rings (SSSR count). The van der Waals surface area contributed by atoms with E-state index in [0.717, 1.165) is 5.56 Å². The van der Waals surface area contributed by atoms with Gasteiger partial charge in [0.1, 0.15) is 4.99 Å². The third-order valence-corrected chi connectivity index (χ3v) is 4.58. The Morgan fingerprint density at radius 2 is 2.12 bits per heavy atom. The molecular weight excluding hydrogens is 346 g/mol. The summed E-state index contributed by atoms with van der Waals surface area (Å²) in [4.78, 5) is 36.0. The predicted molar refractivity (Wildman–Crippen MR) is 91.9 cm³/mol. The summed E-state index contributed by atoms with van der Waals surface area (Å²) in [6.45, 7) is 2.08. The van der Waals surface area contributed by atoms with Crippen LogP contribution >= 0.6 is 12.2 Å². The fourth-order valence-electron chi connectivity index (χ4n) is 3.02. The number of rotatable bonds is 3. The topological polar surface area (TPSA) is 102 Å². The van der Waals surface area contributed by atoms with Gasteiger partial charge in [0.2, 0.25) is 5.91 Å². The normalized spacial score (nSPS) is 19.6. The molecule has 1 N–H and O–H groups in total. The number of carbonyl (C=O) groups excluding carboxylic acids is 2. The molecular formula is C16H15N3O5S. The third-order valence-electron chi connectivity index (χ3n) is 4.14. The lowest BCUT2D eigenvalue weighted by Gasteiger charge is -2.24. The van der Waals surface area contributed by atoms with E-state index in [-0.39, 0.29) is 37.1 Å². The second kappa shape index (κ2) is 6.60. The summed E-state index contributed by atoms with van der Waals surface area (Å²) >= 11 is 5.42. The second-order valence-corrected chi connectivity index (χ2v) is 6.02. The molecule has 8 nitrogen and oxygen atoms in total. The maximum Gasteiger partial charge on any atom is 0.415 e. The van der Waals surface area contributed by atoms with Gasteiger partial charge in [0.25, 0.3) is 5.69 Å². The fraction of sp³-hybridized carbons (Fsp3) is 0.312. The van der Waals surface area contributed by atoms with Crippen LogP contribution in [0.5, 0.6) is 0 Å². The molecule has 0 spiro atoms. The zero-order chi connectivity index (χ0) is 18.1. The first-order chi connectivity index (χ1) is 11.9. The molecule has 1 aromatic carbocycles. The maximum absolute atomic E-state index is 12.0. The molecule has 0 saturated carbocycles. The number of nitrogens with zero attached hydrogens (tertiary/aromatic N) is 2. The Balaban J connectivity index is 1.93. The summed E-state index contributed by atoms with van der Waals surface area (Å²) in [5, 5.41) is 13.6. The summed E-state index contributed by atoms with van der Waals surface area (Å²) in [5.74, 6) is -0.535. The lowest BCUT2D eigenvalue weighted by atomic mass is 9.85. The molecule has 25 heavy (non-hydrogen) atoms. The van der Waals surface area contributed by atoms with Gasteiger partial charge in [0, 0.05) is 35.7 Å². The third kappa shape index (κ3) is 3.10. The molecule has 1 atom stereocenters. The standard InChI is InChI=1S/C16H15N3O5S/c1-2-24-16(21)18-8-12-14(15(18)25)11(7-13(20)17-12)9-3-5-10(6-4-9)19(22)23/h3-6,11H,2,7-8H2,1H3,(H,17,20). The highest BCUT2D eigenvalue weighted by Gasteiger charge is 2.40. The minimum absolute atomic E-state index is 0.0274. The SMILES string of the molecule is CCOC(=O)N1CC2=C(C1=S)C(c1ccc([N+](=O)[O-])cc1)CC(=O)N2. The van der Waals surface area contributed by atoms with E-state index in [9.17, 15) is 19.7 Å². The van der Waals surface area contributed by atoms with Crippen LogP contribution < -0.4 is 5.32 Å². The first-order valence-electron chi connectivity index (χ1n) is 7.68. The van der Waals surface area contributed by atoms with Gasteiger partial charge in [-0.1, -0.05) is 24.4 Å². The van der Waals surface area contributed by atoms with Crippen LogP contribution in [0.3, 0.4) is 0 Å². The van der Waals surface area contributed by atoms with Crippen LogP contribution in [0.4, 0.5) is 10.5 Å². The lowest BCUT2D eigenvalue weighted by Crippen LogP contribution is -2.34. The van der Waals surface area contributed by atoms with Crippen molar-refractivity contribution in [2.75, 3.05) is 13.2 Å². The first kappa shape index (κ1) is 17.0. The van der Waals surface area contributed by atoms with Crippen LogP contribution in [0.25, 0.3) is 0 Å². The Morgan fingerprint density at radius 1 is 1.44 bits per heavy atom. The zero-order valence-electron chi connectivity index (χ0n) is 13.4. The lowest BCUT2D eigenvalue weighted by molar-refractivity contribution is -0.384. The first-order valence-corrected chi connectivity index (χ1v) is 8.09. The van der Waals surface area contributed by atoms with Crippen LogP contribution in [0, 0.1) is 10.1 Å². The van der Waals surface area contributed by atoms with Crippen molar-refractivity contribution in [3.05, 3.63) is 51.2 Å². The molecule has 9 heteroatoms. The van der Waals surface area contributed by atoms with Crippen molar-refractivity contribution in [2.24, 2.45) is 0 Å². The monoisotopic (exact) mass is 361 g/mol. The van der Waals surface area contributed by atoms with Crippen molar-refractivity contribution in [3.63, 3.8) is 0 Å². The van der Waals surface area contributed by atoms with Crippen molar-refractivity contribution in [3.8, 4) is 0 Å². The number of hydrogen-bond acceptors (Lipinski definition) is 6. The quantitative estimate of drug-likeness (QED) is 0.503. The van der Waals surface area contributed by atoms with E-state index in [1.807, 2.05) is 0 Å². The van der Waals surface area contributed by atoms with E-state index in [4.69, 9.17) is 17.0 Å². The molecule has 130 valence electrons. The number of carbonyl (C=O) groups is 2. The fourth-order valence-corrected chi connectivity index (χ4v) is 3.43. The van der Waals surface area contributed by atoms with Crippen LogP contribution in [0.15, 0.2) is 35.5 Å². The maximum atomic E-state index is 12.0. The summed E-state index contributed by atoms with van der Waals surface area (Å²) in [6.07, 6.45) is -0.397. The number of hydrogen-bond donors (Lipinski definition) is 1. The van der Waals surface area contributed by atoms with Gasteiger partial charge in [-0.15, -0.1) is 0 Å². The zero-order valence-corrected chi connectivity index (χ0v) is 14.2. The molecule has 2 aliphatic heterocycles. The van der Waals surface area contributed by atoms with Gasteiger partial charge in [-0.25, -0.2) is 4.79 Å². The average Bonchev–Trinajstić information content (AvgIpc) is 2.91. The molecule has 2 aliphatic rings. The van der Waals surface area contributed by atoms with Crippen molar-refractivity contribution < 1.29 is 19.2 Å². The number of nitro groups is 1. The molecule has 0 saturated heterocycles. The molecule has 2 amide bonds. The summed E-state index contributed by atoms with van der Waals surface area (Å²) in [6, 6.07) is 6.01. The van der Waals surface area contributed by atoms with E-state index in [1.54, 1.807) is 19.1 Å². The minimum Gasteiger partial charge on any atom is -0.449 e. The largest absolute Gasteiger partial charge is 0.449 e. The Bertz CT molecular complexity index is 802. The van der Waals surface area contributed by atoms with E-state index in [2.05, 4.69) is 5.32 Å². The van der Waals surface area contributed by atoms with Gasteiger partial charge in [0.15, 0.2) is 0 Å². The van der Waals surface area contributed by atoms with Gasteiger partial charge in [-0.3, -0.25) is 19.8 Å². The van der Waals surface area contributed by atoms with Crippen LogP contribution in [0.1, 0.15) is 24.8 Å². The van der Waals surface area contributed by atoms with E-state index < -0.39 is 11.0 Å². The average molecular weight is 361 g/mol. The Labute approximate surface area is 148 Å². The minimum atomic E-state index is -0.557. The number of ether oxygens (including phenoxy) is 1. The molecule has 0 fully saturated rings. The smallest absolute Gasteiger partial charge is 0.415 e. The number of thiocarbonyl (C=S) groups is 1. The van der Waals surface area contributed by atoms with E-state index in [0.29, 0.717) is 16.3 Å². The van der Waals surface area contributed by atoms with E-state index in [1.165, 1.54) is 17.0 Å². The summed E-state index contributed by atoms with van der Waals surface area (Å²) in [7, 11) is 0. The number of non-ortho nitro benzene ring substituents is 1. The second-order valence-electron chi connectivity index (χ2n) is 5.64. The highest BCUT2D eigenvalue weighted by Crippen LogP contribution is 2.38. The van der Waals surface area contributed by atoms with Gasteiger partial charge in [0.05, 0.1) is 18.1 Å². The van der Waals surface area contributed by atoms with Gasteiger partial charge >= 0.3 is 6.09 Å². The highest BCUT2D eigenvalue weighted by molar-refractivity contribution is 7.80. The van der Waals surface area contributed by atoms with Gasteiger partial charge in [-0.05, 0) is 12.5 Å². The summed E-state index contributed by atoms with van der Waals surface area (Å²) < 4.78 is 5.00. The van der Waals surface area contributed by atoms with Crippen molar-refractivity contribution in [1.29, 1.82) is 0 Å². The molecule has 0 radical (unpaired) electrons. The van der Waals surface area contributed by atoms with Crippen molar-refractivity contribution in [2.45, 2.75) is 19.3 Å². The van der Waals surface area contributed by atoms with Gasteiger partial charge in [-0.2, -0.15) is 0 Å². The Morgan fingerprint density at radius 3 is 2.72 bits per heavy atom. The van der Waals surface area contributed by atoms with E-state index >= 15 is 0 Å². The Hall–Kier alpha value is -2.81. The van der Waals surface area contributed by atoms with Crippen LogP contribution in [0.2, 0.25) is 0 Å². The molecule has 1 unspecified atom stereocenters. The number of nitro benzene ring substituents is 1. The molecule has 0 aliphatic carbocycles. The number of amides is 2. The van der Waals surface area contributed by atoms with Crippen molar-refractivity contribution in [1.82, 2.24) is 10.2 Å². The highest BCUT2D eigenvalue weighted by atomic mass is 32.1. The number of benzene rings is 1. The predicted octanol–water partition coefficient (Wildman–Crippen LogP) is 2.25. The molecule has 0 bridgehead atoms. The molecule has 0 aromatic heterocycles. The molecule has 1 aromatic rings. The summed E-state index contributed by atoms with van der Waals surface area (Å²) in [5.41, 5.74) is 1.98. The number of nitrogens with one attached hydrogen (secondary N) is 1. The van der Waals surface area contributed by atoms with Gasteiger partial charge < -0.3 is 10.1 Å². The Kier molecular flexibility index (Phi) is 4.49. The van der Waals surface area contributed by atoms with Crippen LogP contribution in [-0.4, -0.2) is 40.0 Å². The van der Waals surface area contributed by atoms with Crippen molar-refractivity contribution >= 4 is 34.9 Å². The molecule has 2 heterocycles.